The van der Waals surface area contributed by atoms with Gasteiger partial charge in [0.05, 0.1) is 0 Å². The van der Waals surface area contributed by atoms with Crippen molar-refractivity contribution in [1.82, 2.24) is 5.32 Å². The lowest BCUT2D eigenvalue weighted by molar-refractivity contribution is 0.438. The Morgan fingerprint density at radius 3 is 2.48 bits per heavy atom. The van der Waals surface area contributed by atoms with Crippen molar-refractivity contribution in [2.24, 2.45) is 0 Å². The first kappa shape index (κ1) is 15.4. The Labute approximate surface area is 121 Å². The number of rotatable bonds is 5. The zero-order chi connectivity index (χ0) is 15.4. The van der Waals surface area contributed by atoms with Crippen molar-refractivity contribution in [3.05, 3.63) is 59.4 Å². The predicted octanol–water partition coefficient (Wildman–Crippen LogP) is 4.57. The van der Waals surface area contributed by atoms with Gasteiger partial charge in [-0.1, -0.05) is 13.0 Å². The van der Waals surface area contributed by atoms with Gasteiger partial charge in [0.2, 0.25) is 0 Å². The first-order valence-electron chi connectivity index (χ1n) is 6.67. The summed E-state index contributed by atoms with van der Waals surface area (Å²) in [5.74, 6) is -1.99. The predicted molar refractivity (Wildman–Crippen MR) is 74.9 cm³/mol. The van der Waals surface area contributed by atoms with E-state index in [0.717, 1.165) is 12.1 Å². The zero-order valence-electron chi connectivity index (χ0n) is 11.8. The van der Waals surface area contributed by atoms with Gasteiger partial charge in [0.1, 0.15) is 17.3 Å². The second-order valence-corrected chi connectivity index (χ2v) is 4.61. The van der Waals surface area contributed by atoms with E-state index in [0.29, 0.717) is 12.1 Å². The van der Waals surface area contributed by atoms with Crippen molar-refractivity contribution in [2.75, 3.05) is 6.54 Å². The molecule has 0 saturated heterocycles. The summed E-state index contributed by atoms with van der Waals surface area (Å²) in [5, 5.41) is 3.10. The standard InChI is InChI=1S/C16H16F3NO/c1-3-20-10(2)16-13(18)5-4-6-15(16)21-11-7-8-12(17)14(19)9-11/h4-10,20H,3H2,1-2H3. The molecule has 21 heavy (non-hydrogen) atoms. The van der Waals surface area contributed by atoms with Crippen molar-refractivity contribution >= 4 is 0 Å². The van der Waals surface area contributed by atoms with Crippen LogP contribution in [0.5, 0.6) is 11.5 Å². The van der Waals surface area contributed by atoms with Crippen LogP contribution in [0, 0.1) is 17.5 Å². The third kappa shape index (κ3) is 3.55. The summed E-state index contributed by atoms with van der Waals surface area (Å²) in [6, 6.07) is 7.36. The van der Waals surface area contributed by atoms with Crippen molar-refractivity contribution in [3.63, 3.8) is 0 Å². The minimum atomic E-state index is -1.01. The van der Waals surface area contributed by atoms with Crippen LogP contribution in [0.25, 0.3) is 0 Å². The second kappa shape index (κ2) is 6.63. The molecule has 2 aromatic carbocycles. The molecule has 0 saturated carbocycles. The van der Waals surface area contributed by atoms with Crippen LogP contribution in [-0.2, 0) is 0 Å². The van der Waals surface area contributed by atoms with Crippen molar-refractivity contribution in [1.29, 1.82) is 0 Å². The molecule has 1 atom stereocenters. The topological polar surface area (TPSA) is 21.3 Å². The number of ether oxygens (including phenoxy) is 1. The third-order valence-corrected chi connectivity index (χ3v) is 3.08. The molecule has 5 heteroatoms. The van der Waals surface area contributed by atoms with E-state index >= 15 is 0 Å². The molecule has 0 aliphatic heterocycles. The van der Waals surface area contributed by atoms with Crippen LogP contribution in [-0.4, -0.2) is 6.54 Å². The quantitative estimate of drug-likeness (QED) is 0.872. The van der Waals surface area contributed by atoms with E-state index in [-0.39, 0.29) is 17.5 Å². The first-order valence-corrected chi connectivity index (χ1v) is 6.67. The van der Waals surface area contributed by atoms with Gasteiger partial charge in [-0.25, -0.2) is 13.2 Å². The van der Waals surface area contributed by atoms with E-state index < -0.39 is 17.5 Å². The molecule has 0 aliphatic rings. The molecular weight excluding hydrogens is 279 g/mol. The highest BCUT2D eigenvalue weighted by Crippen LogP contribution is 2.32. The monoisotopic (exact) mass is 295 g/mol. The summed E-state index contributed by atoms with van der Waals surface area (Å²) in [7, 11) is 0. The summed E-state index contributed by atoms with van der Waals surface area (Å²) in [6.07, 6.45) is 0. The van der Waals surface area contributed by atoms with Gasteiger partial charge in [-0.05, 0) is 37.7 Å². The molecule has 2 rings (SSSR count). The minimum Gasteiger partial charge on any atom is -0.457 e. The summed E-state index contributed by atoms with van der Waals surface area (Å²) in [6.45, 7) is 4.38. The smallest absolute Gasteiger partial charge is 0.162 e. The average Bonchev–Trinajstić information content (AvgIpc) is 2.43. The Hall–Kier alpha value is -2.01. The van der Waals surface area contributed by atoms with Gasteiger partial charge in [0.15, 0.2) is 11.6 Å². The summed E-state index contributed by atoms with van der Waals surface area (Å²) >= 11 is 0. The maximum atomic E-state index is 14.0. The Balaban J connectivity index is 2.35. The molecule has 0 aliphatic carbocycles. The fourth-order valence-electron chi connectivity index (χ4n) is 2.10. The SMILES string of the molecule is CCNC(C)c1c(F)cccc1Oc1ccc(F)c(F)c1. The molecule has 1 N–H and O–H groups in total. The van der Waals surface area contributed by atoms with Crippen molar-refractivity contribution in [3.8, 4) is 11.5 Å². The van der Waals surface area contributed by atoms with Crippen LogP contribution in [0.2, 0.25) is 0 Å². The van der Waals surface area contributed by atoms with Crippen LogP contribution in [0.3, 0.4) is 0 Å². The fourth-order valence-corrected chi connectivity index (χ4v) is 2.10. The number of hydrogen-bond acceptors (Lipinski definition) is 2. The largest absolute Gasteiger partial charge is 0.457 e. The van der Waals surface area contributed by atoms with E-state index in [4.69, 9.17) is 4.74 Å². The molecule has 0 aromatic heterocycles. The highest BCUT2D eigenvalue weighted by molar-refractivity contribution is 5.40. The van der Waals surface area contributed by atoms with Gasteiger partial charge in [-0.15, -0.1) is 0 Å². The molecule has 0 radical (unpaired) electrons. The van der Waals surface area contributed by atoms with Crippen LogP contribution in [0.15, 0.2) is 36.4 Å². The number of benzene rings is 2. The third-order valence-electron chi connectivity index (χ3n) is 3.08. The number of hydrogen-bond donors (Lipinski definition) is 1. The van der Waals surface area contributed by atoms with Crippen LogP contribution in [0.1, 0.15) is 25.5 Å². The Morgan fingerprint density at radius 2 is 1.81 bits per heavy atom. The van der Waals surface area contributed by atoms with Gasteiger partial charge in [-0.2, -0.15) is 0 Å². The van der Waals surface area contributed by atoms with Crippen LogP contribution in [0.4, 0.5) is 13.2 Å². The molecule has 1 unspecified atom stereocenters. The zero-order valence-corrected chi connectivity index (χ0v) is 11.8. The van der Waals surface area contributed by atoms with Gasteiger partial charge in [-0.3, -0.25) is 0 Å². The minimum absolute atomic E-state index is 0.115. The molecular formula is C16H16F3NO. The molecule has 0 spiro atoms. The molecule has 0 amide bonds. The van der Waals surface area contributed by atoms with E-state index in [2.05, 4.69) is 5.32 Å². The lowest BCUT2D eigenvalue weighted by Crippen LogP contribution is -2.19. The fraction of sp³-hybridized carbons (Fsp3) is 0.250. The van der Waals surface area contributed by atoms with Crippen LogP contribution >= 0.6 is 0 Å². The maximum Gasteiger partial charge on any atom is 0.162 e. The molecule has 2 aromatic rings. The van der Waals surface area contributed by atoms with E-state index in [1.165, 1.54) is 18.2 Å². The highest BCUT2D eigenvalue weighted by atomic mass is 19.2. The average molecular weight is 295 g/mol. The lowest BCUT2D eigenvalue weighted by Gasteiger charge is -2.18. The normalized spacial score (nSPS) is 12.2. The number of halogens is 3. The molecule has 2 nitrogen and oxygen atoms in total. The van der Waals surface area contributed by atoms with Gasteiger partial charge in [0.25, 0.3) is 0 Å². The van der Waals surface area contributed by atoms with Crippen LogP contribution < -0.4 is 10.1 Å². The second-order valence-electron chi connectivity index (χ2n) is 4.61. The molecule has 0 fully saturated rings. The van der Waals surface area contributed by atoms with Crippen molar-refractivity contribution in [2.45, 2.75) is 19.9 Å². The Bertz CT molecular complexity index is 631. The van der Waals surface area contributed by atoms with Crippen molar-refractivity contribution < 1.29 is 17.9 Å². The van der Waals surface area contributed by atoms with Gasteiger partial charge < -0.3 is 10.1 Å². The molecule has 112 valence electrons. The van der Waals surface area contributed by atoms with E-state index in [1.54, 1.807) is 13.0 Å². The molecule has 0 bridgehead atoms. The van der Waals surface area contributed by atoms with E-state index in [9.17, 15) is 13.2 Å². The summed E-state index contributed by atoms with van der Waals surface area (Å²) in [4.78, 5) is 0. The Morgan fingerprint density at radius 1 is 1.05 bits per heavy atom. The Kier molecular flexibility index (Phi) is 4.85. The molecule has 0 heterocycles. The first-order chi connectivity index (χ1) is 10.0. The highest BCUT2D eigenvalue weighted by Gasteiger charge is 2.17. The lowest BCUT2D eigenvalue weighted by atomic mass is 10.1. The van der Waals surface area contributed by atoms with E-state index in [1.807, 2.05) is 6.92 Å². The maximum absolute atomic E-state index is 14.0. The van der Waals surface area contributed by atoms with Gasteiger partial charge in [0, 0.05) is 17.7 Å². The van der Waals surface area contributed by atoms with Gasteiger partial charge >= 0.3 is 0 Å². The number of nitrogens with one attached hydrogen (secondary N) is 1. The summed E-state index contributed by atoms with van der Waals surface area (Å²) < 4.78 is 45.6. The summed E-state index contributed by atoms with van der Waals surface area (Å²) in [5.41, 5.74) is 0.351.